The van der Waals surface area contributed by atoms with Gasteiger partial charge in [-0.1, -0.05) is 0 Å². The van der Waals surface area contributed by atoms with Crippen LogP contribution in [-0.4, -0.2) is 24.3 Å². The molecule has 5 nitrogen and oxygen atoms in total. The maximum absolute atomic E-state index is 11.9. The zero-order chi connectivity index (χ0) is 12.8. The molecule has 1 aromatic rings. The van der Waals surface area contributed by atoms with Gasteiger partial charge in [-0.25, -0.2) is 0 Å². The molecule has 0 aliphatic rings. The predicted octanol–water partition coefficient (Wildman–Crippen LogP) is 1.72. The van der Waals surface area contributed by atoms with Crippen molar-refractivity contribution in [1.82, 2.24) is 0 Å². The molecule has 17 heavy (non-hydrogen) atoms. The van der Waals surface area contributed by atoms with Crippen LogP contribution >= 0.6 is 0 Å². The van der Waals surface area contributed by atoms with Gasteiger partial charge in [0.2, 0.25) is 0 Å². The molecule has 0 unspecified atom stereocenters. The highest BCUT2D eigenvalue weighted by molar-refractivity contribution is 5.66. The Bertz CT molecular complexity index is 398. The van der Waals surface area contributed by atoms with E-state index in [1.165, 1.54) is 18.2 Å². The number of nitrogens with two attached hydrogens (primary N) is 1. The fraction of sp³-hybridized carbons (Fsp3) is 0.300. The van der Waals surface area contributed by atoms with Gasteiger partial charge >= 0.3 is 12.6 Å². The Balaban J connectivity index is 2.59. The number of halogens is 2. The van der Waals surface area contributed by atoms with E-state index >= 15 is 0 Å². The van der Waals surface area contributed by atoms with Crippen molar-refractivity contribution in [2.75, 3.05) is 12.3 Å². The Morgan fingerprint density at radius 2 is 2.18 bits per heavy atom. The van der Waals surface area contributed by atoms with E-state index in [1.807, 2.05) is 0 Å². The molecule has 0 aliphatic carbocycles. The molecule has 0 heterocycles. The van der Waals surface area contributed by atoms with Crippen LogP contribution < -0.4 is 15.2 Å². The fourth-order valence-corrected chi connectivity index (χ4v) is 1.08. The van der Waals surface area contributed by atoms with E-state index in [9.17, 15) is 13.6 Å². The number of benzene rings is 1. The number of carboxylic acid groups (broad SMARTS) is 1. The maximum Gasteiger partial charge on any atom is 0.387 e. The lowest BCUT2D eigenvalue weighted by molar-refractivity contribution is -0.137. The minimum Gasteiger partial charge on any atom is -0.491 e. The summed E-state index contributed by atoms with van der Waals surface area (Å²) in [6, 6.07) is 3.79. The minimum atomic E-state index is -2.92. The lowest BCUT2D eigenvalue weighted by Gasteiger charge is -2.10. The quantitative estimate of drug-likeness (QED) is 0.748. The largest absolute Gasteiger partial charge is 0.491 e. The number of anilines is 1. The van der Waals surface area contributed by atoms with Crippen LogP contribution in [0, 0.1) is 0 Å². The number of rotatable bonds is 6. The van der Waals surface area contributed by atoms with Gasteiger partial charge in [0.1, 0.15) is 11.5 Å². The van der Waals surface area contributed by atoms with Crippen LogP contribution in [0.1, 0.15) is 6.42 Å². The van der Waals surface area contributed by atoms with Crippen molar-refractivity contribution >= 4 is 11.7 Å². The first kappa shape index (κ1) is 13.0. The average Bonchev–Trinajstić information content (AvgIpc) is 2.20. The summed E-state index contributed by atoms with van der Waals surface area (Å²) < 4.78 is 33.0. The van der Waals surface area contributed by atoms with Gasteiger partial charge in [0.15, 0.2) is 0 Å². The van der Waals surface area contributed by atoms with Crippen LogP contribution in [0.5, 0.6) is 11.5 Å². The van der Waals surface area contributed by atoms with Crippen LogP contribution in [0.25, 0.3) is 0 Å². The topological polar surface area (TPSA) is 81.8 Å². The van der Waals surface area contributed by atoms with E-state index < -0.39 is 12.6 Å². The third kappa shape index (κ3) is 4.54. The summed E-state index contributed by atoms with van der Waals surface area (Å²) >= 11 is 0. The summed E-state index contributed by atoms with van der Waals surface area (Å²) in [6.45, 7) is -2.97. The van der Waals surface area contributed by atoms with E-state index in [0.717, 1.165) is 0 Å². The molecular formula is C10H11F2NO4. The number of hydrogen-bond donors (Lipinski definition) is 2. The van der Waals surface area contributed by atoms with Gasteiger partial charge in [-0.15, -0.1) is 0 Å². The summed E-state index contributed by atoms with van der Waals surface area (Å²) in [5.74, 6) is -0.850. The van der Waals surface area contributed by atoms with E-state index in [-0.39, 0.29) is 30.2 Å². The number of nitrogen functional groups attached to an aromatic ring is 1. The molecule has 0 aromatic heterocycles. The molecule has 7 heteroatoms. The van der Waals surface area contributed by atoms with Crippen LogP contribution in [0.2, 0.25) is 0 Å². The molecule has 0 bridgehead atoms. The maximum atomic E-state index is 11.9. The molecular weight excluding hydrogens is 236 g/mol. The molecule has 0 radical (unpaired) electrons. The van der Waals surface area contributed by atoms with Crippen molar-refractivity contribution in [3.8, 4) is 11.5 Å². The highest BCUT2D eigenvalue weighted by Crippen LogP contribution is 2.27. The van der Waals surface area contributed by atoms with Gasteiger partial charge in [0, 0.05) is 6.07 Å². The number of carboxylic acids is 1. The summed E-state index contributed by atoms with van der Waals surface area (Å²) in [5, 5.41) is 8.39. The second-order valence-corrected chi connectivity index (χ2v) is 3.07. The smallest absolute Gasteiger partial charge is 0.387 e. The van der Waals surface area contributed by atoms with Crippen LogP contribution in [0.4, 0.5) is 14.5 Å². The number of alkyl halides is 2. The first-order chi connectivity index (χ1) is 7.99. The van der Waals surface area contributed by atoms with Crippen molar-refractivity contribution in [3.63, 3.8) is 0 Å². The van der Waals surface area contributed by atoms with Gasteiger partial charge in [-0.2, -0.15) is 8.78 Å². The summed E-state index contributed by atoms with van der Waals surface area (Å²) in [6.07, 6.45) is -0.172. The van der Waals surface area contributed by atoms with Gasteiger partial charge in [0.25, 0.3) is 0 Å². The minimum absolute atomic E-state index is 0.0470. The third-order valence-electron chi connectivity index (χ3n) is 1.78. The molecule has 0 saturated heterocycles. The average molecular weight is 247 g/mol. The van der Waals surface area contributed by atoms with Crippen molar-refractivity contribution in [3.05, 3.63) is 18.2 Å². The lowest BCUT2D eigenvalue weighted by Crippen LogP contribution is -2.07. The van der Waals surface area contributed by atoms with E-state index in [4.69, 9.17) is 15.6 Å². The van der Waals surface area contributed by atoms with E-state index in [1.54, 1.807) is 0 Å². The molecule has 3 N–H and O–H groups in total. The van der Waals surface area contributed by atoms with Gasteiger partial charge in [-0.05, 0) is 12.1 Å². The Labute approximate surface area is 95.7 Å². The standard InChI is InChI=1S/C10H11F2NO4/c11-10(12)17-6-1-2-8(7(13)5-6)16-4-3-9(14)15/h1-2,5,10H,3-4,13H2,(H,14,15). The molecule has 0 atom stereocenters. The molecule has 0 saturated carbocycles. The molecule has 0 fully saturated rings. The van der Waals surface area contributed by atoms with Crippen LogP contribution in [-0.2, 0) is 4.79 Å². The second kappa shape index (κ2) is 5.88. The Morgan fingerprint density at radius 1 is 1.47 bits per heavy atom. The lowest BCUT2D eigenvalue weighted by atomic mass is 10.3. The molecule has 1 rings (SSSR count). The highest BCUT2D eigenvalue weighted by Gasteiger charge is 2.08. The van der Waals surface area contributed by atoms with Crippen LogP contribution in [0.3, 0.4) is 0 Å². The Kier molecular flexibility index (Phi) is 4.50. The zero-order valence-electron chi connectivity index (χ0n) is 8.73. The summed E-state index contributed by atoms with van der Waals surface area (Å²) in [4.78, 5) is 10.2. The van der Waals surface area contributed by atoms with Gasteiger partial charge in [0.05, 0.1) is 18.7 Å². The van der Waals surface area contributed by atoms with E-state index in [2.05, 4.69) is 4.74 Å². The SMILES string of the molecule is Nc1cc(OC(F)F)ccc1OCCC(=O)O. The molecule has 0 spiro atoms. The van der Waals surface area contributed by atoms with Crippen LogP contribution in [0.15, 0.2) is 18.2 Å². The number of hydrogen-bond acceptors (Lipinski definition) is 4. The number of ether oxygens (including phenoxy) is 2. The molecule has 0 amide bonds. The normalized spacial score (nSPS) is 10.3. The first-order valence-corrected chi connectivity index (χ1v) is 4.68. The monoisotopic (exact) mass is 247 g/mol. The number of aliphatic carboxylic acids is 1. The molecule has 1 aromatic carbocycles. The Hall–Kier alpha value is -2.05. The zero-order valence-corrected chi connectivity index (χ0v) is 8.73. The summed E-state index contributed by atoms with van der Waals surface area (Å²) in [5.41, 5.74) is 5.62. The van der Waals surface area contributed by atoms with Crippen molar-refractivity contribution < 1.29 is 28.2 Å². The number of carbonyl (C=O) groups is 1. The molecule has 0 aliphatic heterocycles. The first-order valence-electron chi connectivity index (χ1n) is 4.68. The Morgan fingerprint density at radius 3 is 2.71 bits per heavy atom. The van der Waals surface area contributed by atoms with Crippen molar-refractivity contribution in [1.29, 1.82) is 0 Å². The third-order valence-corrected chi connectivity index (χ3v) is 1.78. The van der Waals surface area contributed by atoms with Crippen molar-refractivity contribution in [2.45, 2.75) is 13.0 Å². The predicted molar refractivity (Wildman–Crippen MR) is 55.2 cm³/mol. The van der Waals surface area contributed by atoms with Crippen molar-refractivity contribution in [2.24, 2.45) is 0 Å². The summed E-state index contributed by atoms with van der Waals surface area (Å²) in [7, 11) is 0. The van der Waals surface area contributed by atoms with E-state index in [0.29, 0.717) is 0 Å². The van der Waals surface area contributed by atoms with Gasteiger partial charge in [-0.3, -0.25) is 4.79 Å². The van der Waals surface area contributed by atoms with Gasteiger partial charge < -0.3 is 20.3 Å². The molecule has 94 valence electrons. The second-order valence-electron chi connectivity index (χ2n) is 3.07. The highest BCUT2D eigenvalue weighted by atomic mass is 19.3. The fourth-order valence-electron chi connectivity index (χ4n) is 1.08.